The van der Waals surface area contributed by atoms with Crippen molar-refractivity contribution >= 4 is 12.0 Å². The van der Waals surface area contributed by atoms with E-state index in [4.69, 9.17) is 9.52 Å². The molecule has 64 valence electrons. The van der Waals surface area contributed by atoms with Gasteiger partial charge in [-0.25, -0.2) is 0 Å². The van der Waals surface area contributed by atoms with Crippen LogP contribution in [-0.4, -0.2) is 11.1 Å². The van der Waals surface area contributed by atoms with Crippen molar-refractivity contribution in [2.24, 2.45) is 0 Å². The zero-order valence-corrected chi connectivity index (χ0v) is 6.56. The first-order chi connectivity index (χ1) is 5.79. The summed E-state index contributed by atoms with van der Waals surface area (Å²) in [6, 6.07) is 3.61. The molecular formula is C9H10O3. The van der Waals surface area contributed by atoms with Gasteiger partial charge in [0.25, 0.3) is 0 Å². The molecule has 0 saturated heterocycles. The van der Waals surface area contributed by atoms with E-state index in [1.807, 2.05) is 6.07 Å². The fourth-order valence-corrected chi connectivity index (χ4v) is 0.792. The van der Waals surface area contributed by atoms with E-state index in [-0.39, 0.29) is 6.42 Å². The minimum atomic E-state index is -0.779. The Balaban J connectivity index is 2.27. The summed E-state index contributed by atoms with van der Waals surface area (Å²) in [5, 5.41) is 8.31. The van der Waals surface area contributed by atoms with Crippen LogP contribution in [0.15, 0.2) is 28.9 Å². The maximum absolute atomic E-state index is 10.1. The number of hydrogen-bond acceptors (Lipinski definition) is 2. The van der Waals surface area contributed by atoms with Crippen LogP contribution in [0.2, 0.25) is 0 Å². The Kier molecular flexibility index (Phi) is 3.14. The second kappa shape index (κ2) is 4.38. The zero-order valence-electron chi connectivity index (χ0n) is 6.56. The molecule has 12 heavy (non-hydrogen) atoms. The van der Waals surface area contributed by atoms with Crippen LogP contribution in [0.4, 0.5) is 0 Å². The Bertz CT molecular complexity index is 259. The topological polar surface area (TPSA) is 50.4 Å². The molecule has 0 aliphatic carbocycles. The first-order valence-corrected chi connectivity index (χ1v) is 3.71. The summed E-state index contributed by atoms with van der Waals surface area (Å²) < 4.78 is 5.01. The zero-order chi connectivity index (χ0) is 8.81. The standard InChI is InChI=1S/C9H10O3/c10-9(11)6-2-1-4-8-5-3-7-12-8/h1,3-5,7H,2,6H2,(H,10,11)/b4-1+. The van der Waals surface area contributed by atoms with Crippen molar-refractivity contribution in [2.75, 3.05) is 0 Å². The number of furan rings is 1. The van der Waals surface area contributed by atoms with E-state index in [1.54, 1.807) is 24.5 Å². The quantitative estimate of drug-likeness (QED) is 0.745. The molecule has 0 amide bonds. The largest absolute Gasteiger partial charge is 0.481 e. The summed E-state index contributed by atoms with van der Waals surface area (Å²) in [5.41, 5.74) is 0. The van der Waals surface area contributed by atoms with Crippen molar-refractivity contribution in [3.05, 3.63) is 30.2 Å². The lowest BCUT2D eigenvalue weighted by atomic mass is 10.3. The van der Waals surface area contributed by atoms with E-state index in [2.05, 4.69) is 0 Å². The third-order valence-corrected chi connectivity index (χ3v) is 1.35. The minimum Gasteiger partial charge on any atom is -0.481 e. The van der Waals surface area contributed by atoms with Crippen LogP contribution in [0, 0.1) is 0 Å². The van der Waals surface area contributed by atoms with Crippen LogP contribution in [0.1, 0.15) is 18.6 Å². The van der Waals surface area contributed by atoms with Crippen LogP contribution in [0.5, 0.6) is 0 Å². The van der Waals surface area contributed by atoms with E-state index in [1.165, 1.54) is 0 Å². The van der Waals surface area contributed by atoms with Gasteiger partial charge in [0, 0.05) is 6.42 Å². The molecule has 1 N–H and O–H groups in total. The number of carbonyl (C=O) groups is 1. The first-order valence-electron chi connectivity index (χ1n) is 3.71. The van der Waals surface area contributed by atoms with Crippen molar-refractivity contribution in [3.63, 3.8) is 0 Å². The molecule has 0 spiro atoms. The fourth-order valence-electron chi connectivity index (χ4n) is 0.792. The molecule has 1 rings (SSSR count). The van der Waals surface area contributed by atoms with Crippen molar-refractivity contribution < 1.29 is 14.3 Å². The number of allylic oxidation sites excluding steroid dienone is 1. The van der Waals surface area contributed by atoms with E-state index < -0.39 is 5.97 Å². The highest BCUT2D eigenvalue weighted by Gasteiger charge is 1.92. The molecule has 3 heteroatoms. The van der Waals surface area contributed by atoms with Crippen molar-refractivity contribution in [1.29, 1.82) is 0 Å². The first kappa shape index (κ1) is 8.59. The van der Waals surface area contributed by atoms with Crippen LogP contribution >= 0.6 is 0 Å². The molecular weight excluding hydrogens is 156 g/mol. The van der Waals surface area contributed by atoms with Gasteiger partial charge in [-0.1, -0.05) is 6.08 Å². The molecule has 0 unspecified atom stereocenters. The summed E-state index contributed by atoms with van der Waals surface area (Å²) in [5.74, 6) is -0.0283. The van der Waals surface area contributed by atoms with Crippen LogP contribution in [-0.2, 0) is 4.79 Å². The van der Waals surface area contributed by atoms with Gasteiger partial charge in [-0.05, 0) is 24.6 Å². The number of carboxylic acid groups (broad SMARTS) is 1. The third kappa shape index (κ3) is 3.05. The van der Waals surface area contributed by atoms with Gasteiger partial charge in [0.2, 0.25) is 0 Å². The number of aliphatic carboxylic acids is 1. The van der Waals surface area contributed by atoms with Gasteiger partial charge in [-0.15, -0.1) is 0 Å². The van der Waals surface area contributed by atoms with Gasteiger partial charge in [0.15, 0.2) is 0 Å². The maximum atomic E-state index is 10.1. The Morgan fingerprint density at radius 1 is 1.67 bits per heavy atom. The Morgan fingerprint density at radius 2 is 2.50 bits per heavy atom. The molecule has 0 aliphatic heterocycles. The highest BCUT2D eigenvalue weighted by Crippen LogP contribution is 2.03. The number of hydrogen-bond donors (Lipinski definition) is 1. The van der Waals surface area contributed by atoms with Crippen molar-refractivity contribution in [3.8, 4) is 0 Å². The molecule has 0 aromatic carbocycles. The van der Waals surface area contributed by atoms with E-state index in [0.29, 0.717) is 6.42 Å². The highest BCUT2D eigenvalue weighted by atomic mass is 16.4. The summed E-state index contributed by atoms with van der Waals surface area (Å²) in [6.45, 7) is 0. The van der Waals surface area contributed by atoms with Crippen LogP contribution in [0.25, 0.3) is 6.08 Å². The monoisotopic (exact) mass is 166 g/mol. The number of rotatable bonds is 4. The van der Waals surface area contributed by atoms with Crippen molar-refractivity contribution in [2.45, 2.75) is 12.8 Å². The Morgan fingerprint density at radius 3 is 3.08 bits per heavy atom. The summed E-state index contributed by atoms with van der Waals surface area (Å²) >= 11 is 0. The van der Waals surface area contributed by atoms with Gasteiger partial charge in [-0.3, -0.25) is 4.79 Å². The summed E-state index contributed by atoms with van der Waals surface area (Å²) in [4.78, 5) is 10.1. The molecule has 3 nitrogen and oxygen atoms in total. The lowest BCUT2D eigenvalue weighted by Crippen LogP contribution is -1.91. The average Bonchev–Trinajstić information content (AvgIpc) is 2.49. The van der Waals surface area contributed by atoms with Crippen molar-refractivity contribution in [1.82, 2.24) is 0 Å². The van der Waals surface area contributed by atoms with Crippen LogP contribution in [0.3, 0.4) is 0 Å². The predicted octanol–water partition coefficient (Wildman–Crippen LogP) is 2.16. The summed E-state index contributed by atoms with van der Waals surface area (Å²) in [6.07, 6.45) is 5.83. The Hall–Kier alpha value is -1.51. The molecule has 0 radical (unpaired) electrons. The Labute approximate surface area is 70.3 Å². The van der Waals surface area contributed by atoms with Gasteiger partial charge in [0.05, 0.1) is 6.26 Å². The van der Waals surface area contributed by atoms with Gasteiger partial charge in [-0.2, -0.15) is 0 Å². The van der Waals surface area contributed by atoms with E-state index in [0.717, 1.165) is 5.76 Å². The highest BCUT2D eigenvalue weighted by molar-refractivity contribution is 5.67. The lowest BCUT2D eigenvalue weighted by Gasteiger charge is -1.86. The lowest BCUT2D eigenvalue weighted by molar-refractivity contribution is -0.136. The predicted molar refractivity (Wildman–Crippen MR) is 44.6 cm³/mol. The summed E-state index contributed by atoms with van der Waals surface area (Å²) in [7, 11) is 0. The SMILES string of the molecule is O=C(O)CC/C=C/c1ccco1. The second-order valence-electron chi connectivity index (χ2n) is 2.35. The normalized spacial score (nSPS) is 10.7. The maximum Gasteiger partial charge on any atom is 0.303 e. The van der Waals surface area contributed by atoms with Gasteiger partial charge >= 0.3 is 5.97 Å². The molecule has 0 aliphatic rings. The molecule has 0 fully saturated rings. The fraction of sp³-hybridized carbons (Fsp3) is 0.222. The third-order valence-electron chi connectivity index (χ3n) is 1.35. The molecule has 0 bridgehead atoms. The van der Waals surface area contributed by atoms with E-state index in [9.17, 15) is 4.79 Å². The smallest absolute Gasteiger partial charge is 0.303 e. The van der Waals surface area contributed by atoms with Gasteiger partial charge in [0.1, 0.15) is 5.76 Å². The molecule has 1 heterocycles. The average molecular weight is 166 g/mol. The molecule has 1 aromatic rings. The number of carboxylic acids is 1. The van der Waals surface area contributed by atoms with E-state index >= 15 is 0 Å². The molecule has 0 saturated carbocycles. The molecule has 1 aromatic heterocycles. The second-order valence-corrected chi connectivity index (χ2v) is 2.35. The minimum absolute atomic E-state index is 0.164. The van der Waals surface area contributed by atoms with Gasteiger partial charge < -0.3 is 9.52 Å². The van der Waals surface area contributed by atoms with Crippen LogP contribution < -0.4 is 0 Å². The molecule has 0 atom stereocenters.